The molecule has 0 fully saturated rings. The molecule has 0 aromatic carbocycles. The third-order valence-corrected chi connectivity index (χ3v) is 1.56. The minimum Gasteiger partial charge on any atom is -0.396 e. The summed E-state index contributed by atoms with van der Waals surface area (Å²) in [5.41, 5.74) is 6.09. The average molecular weight is 178 g/mol. The van der Waals surface area contributed by atoms with Gasteiger partial charge in [-0.05, 0) is 0 Å². The lowest BCUT2D eigenvalue weighted by molar-refractivity contribution is 0.0808. The first-order valence-electron chi connectivity index (χ1n) is 3.64. The van der Waals surface area contributed by atoms with Crippen LogP contribution < -0.4 is 5.73 Å². The Bertz CT molecular complexity index is 349. The molecule has 3 N–H and O–H groups in total. The minimum absolute atomic E-state index is 0.247. The molecular formula is C8H10N4O. The van der Waals surface area contributed by atoms with Crippen molar-refractivity contribution in [2.24, 2.45) is 0 Å². The Labute approximate surface area is 75.9 Å². The number of carbonyl (C=O) groups excluding carboxylic acids is 1. The molecule has 0 radical (unpaired) electrons. The number of amides is 1. The van der Waals surface area contributed by atoms with Gasteiger partial charge in [0.15, 0.2) is 0 Å². The maximum atomic E-state index is 11.5. The van der Waals surface area contributed by atoms with Crippen molar-refractivity contribution in [2.45, 2.75) is 0 Å². The third-order valence-electron chi connectivity index (χ3n) is 1.56. The second kappa shape index (κ2) is 3.63. The normalized spacial score (nSPS) is 9.23. The SMILES string of the molecule is C#CCN(C)C(=O)c1[nH]ncc1N. The number of hydrogen-bond acceptors (Lipinski definition) is 3. The van der Waals surface area contributed by atoms with Crippen LogP contribution >= 0.6 is 0 Å². The highest BCUT2D eigenvalue weighted by Crippen LogP contribution is 2.07. The summed E-state index contributed by atoms with van der Waals surface area (Å²) in [5.74, 6) is 2.10. The van der Waals surface area contributed by atoms with Crippen molar-refractivity contribution in [1.82, 2.24) is 15.1 Å². The number of hydrogen-bond donors (Lipinski definition) is 2. The van der Waals surface area contributed by atoms with E-state index in [2.05, 4.69) is 16.1 Å². The van der Waals surface area contributed by atoms with Crippen LogP contribution in [0.5, 0.6) is 0 Å². The number of carbonyl (C=O) groups is 1. The fourth-order valence-electron chi connectivity index (χ4n) is 0.866. The van der Waals surface area contributed by atoms with Crippen LogP contribution in [0.15, 0.2) is 6.20 Å². The molecule has 5 nitrogen and oxygen atoms in total. The molecule has 68 valence electrons. The van der Waals surface area contributed by atoms with E-state index >= 15 is 0 Å². The van der Waals surface area contributed by atoms with Gasteiger partial charge in [0.05, 0.1) is 18.4 Å². The second-order valence-electron chi connectivity index (χ2n) is 2.57. The number of nitrogens with zero attached hydrogens (tertiary/aromatic N) is 2. The van der Waals surface area contributed by atoms with Gasteiger partial charge in [0, 0.05) is 7.05 Å². The van der Waals surface area contributed by atoms with Gasteiger partial charge in [-0.1, -0.05) is 5.92 Å². The van der Waals surface area contributed by atoms with Crippen LogP contribution in [-0.2, 0) is 0 Å². The summed E-state index contributed by atoms with van der Waals surface area (Å²) in [6.07, 6.45) is 6.44. The monoisotopic (exact) mass is 178 g/mol. The second-order valence-corrected chi connectivity index (χ2v) is 2.57. The predicted octanol–water partition coefficient (Wildman–Crippen LogP) is -0.303. The summed E-state index contributed by atoms with van der Waals surface area (Å²) in [7, 11) is 1.60. The van der Waals surface area contributed by atoms with Crippen LogP contribution in [0.3, 0.4) is 0 Å². The molecule has 1 aromatic heterocycles. The molecule has 0 atom stereocenters. The highest BCUT2D eigenvalue weighted by molar-refractivity contribution is 5.96. The Kier molecular flexibility index (Phi) is 2.55. The number of nitrogens with two attached hydrogens (primary N) is 1. The average Bonchev–Trinajstić information content (AvgIpc) is 2.50. The Hall–Kier alpha value is -1.96. The number of H-pyrrole nitrogens is 1. The van der Waals surface area contributed by atoms with Crippen LogP contribution in [0.1, 0.15) is 10.5 Å². The van der Waals surface area contributed by atoms with Crippen LogP contribution in [0, 0.1) is 12.3 Å². The highest BCUT2D eigenvalue weighted by atomic mass is 16.2. The van der Waals surface area contributed by atoms with Crippen molar-refractivity contribution < 1.29 is 4.79 Å². The van der Waals surface area contributed by atoms with Gasteiger partial charge in [-0.25, -0.2) is 0 Å². The van der Waals surface area contributed by atoms with E-state index in [0.29, 0.717) is 5.69 Å². The first kappa shape index (κ1) is 9.13. The summed E-state index contributed by atoms with van der Waals surface area (Å²) >= 11 is 0. The van der Waals surface area contributed by atoms with E-state index in [4.69, 9.17) is 12.2 Å². The minimum atomic E-state index is -0.257. The topological polar surface area (TPSA) is 75.0 Å². The molecule has 1 rings (SSSR count). The quantitative estimate of drug-likeness (QED) is 0.610. The van der Waals surface area contributed by atoms with E-state index in [0.717, 1.165) is 0 Å². The van der Waals surface area contributed by atoms with Crippen molar-refractivity contribution in [3.05, 3.63) is 11.9 Å². The number of aromatic amines is 1. The molecule has 1 heterocycles. The van der Waals surface area contributed by atoms with E-state index in [1.54, 1.807) is 7.05 Å². The zero-order valence-corrected chi connectivity index (χ0v) is 7.24. The molecule has 0 aliphatic rings. The summed E-state index contributed by atoms with van der Waals surface area (Å²) in [4.78, 5) is 12.9. The van der Waals surface area contributed by atoms with E-state index in [1.807, 2.05) is 0 Å². The first-order valence-corrected chi connectivity index (χ1v) is 3.64. The summed E-state index contributed by atoms with van der Waals surface area (Å²) in [5, 5.41) is 6.15. The van der Waals surface area contributed by atoms with Crippen molar-refractivity contribution >= 4 is 11.6 Å². The molecule has 0 saturated heterocycles. The molecule has 0 saturated carbocycles. The lowest BCUT2D eigenvalue weighted by Gasteiger charge is -2.12. The molecule has 0 spiro atoms. The molecule has 0 unspecified atom stereocenters. The van der Waals surface area contributed by atoms with Gasteiger partial charge in [0.25, 0.3) is 5.91 Å². The van der Waals surface area contributed by atoms with Gasteiger partial charge in [0.2, 0.25) is 0 Å². The fraction of sp³-hybridized carbons (Fsp3) is 0.250. The summed E-state index contributed by atoms with van der Waals surface area (Å²) in [6, 6.07) is 0. The predicted molar refractivity (Wildman–Crippen MR) is 48.8 cm³/mol. The maximum Gasteiger partial charge on any atom is 0.274 e. The van der Waals surface area contributed by atoms with Gasteiger partial charge < -0.3 is 10.6 Å². The summed E-state index contributed by atoms with van der Waals surface area (Å²) < 4.78 is 0. The Morgan fingerprint density at radius 3 is 3.08 bits per heavy atom. The van der Waals surface area contributed by atoms with Crippen molar-refractivity contribution in [1.29, 1.82) is 0 Å². The highest BCUT2D eigenvalue weighted by Gasteiger charge is 2.15. The number of nitrogens with one attached hydrogen (secondary N) is 1. The van der Waals surface area contributed by atoms with E-state index < -0.39 is 0 Å². The van der Waals surface area contributed by atoms with Crippen LogP contribution in [0.25, 0.3) is 0 Å². The number of terminal acetylenes is 1. The largest absolute Gasteiger partial charge is 0.396 e. The lowest BCUT2D eigenvalue weighted by atomic mass is 10.3. The van der Waals surface area contributed by atoms with Gasteiger partial charge in [-0.15, -0.1) is 6.42 Å². The van der Waals surface area contributed by atoms with Crippen molar-refractivity contribution in [3.63, 3.8) is 0 Å². The number of aromatic nitrogens is 2. The number of rotatable bonds is 2. The van der Waals surface area contributed by atoms with E-state index in [-0.39, 0.29) is 18.1 Å². The van der Waals surface area contributed by atoms with Crippen molar-refractivity contribution in [3.8, 4) is 12.3 Å². The zero-order valence-electron chi connectivity index (χ0n) is 7.24. The molecule has 0 bridgehead atoms. The lowest BCUT2D eigenvalue weighted by Crippen LogP contribution is -2.27. The summed E-state index contributed by atoms with van der Waals surface area (Å²) in [6.45, 7) is 0.247. The van der Waals surface area contributed by atoms with Gasteiger partial charge in [-0.3, -0.25) is 9.89 Å². The van der Waals surface area contributed by atoms with Crippen LogP contribution in [-0.4, -0.2) is 34.6 Å². The zero-order chi connectivity index (χ0) is 9.84. The van der Waals surface area contributed by atoms with E-state index in [1.165, 1.54) is 11.1 Å². The van der Waals surface area contributed by atoms with Gasteiger partial charge in [-0.2, -0.15) is 5.10 Å². The fourth-order valence-corrected chi connectivity index (χ4v) is 0.866. The van der Waals surface area contributed by atoms with Crippen LogP contribution in [0.4, 0.5) is 5.69 Å². The molecule has 0 aliphatic carbocycles. The molecule has 1 amide bonds. The Balaban J connectivity index is 2.81. The van der Waals surface area contributed by atoms with Crippen molar-refractivity contribution in [2.75, 3.05) is 19.3 Å². The standard InChI is InChI=1S/C8H10N4O/c1-3-4-12(2)8(13)7-6(9)5-10-11-7/h1,5H,4,9H2,2H3,(H,10,11). The Morgan fingerprint density at radius 2 is 2.62 bits per heavy atom. The first-order chi connectivity index (χ1) is 6.16. The molecular weight excluding hydrogens is 168 g/mol. The van der Waals surface area contributed by atoms with Gasteiger partial charge in [0.1, 0.15) is 5.69 Å². The Morgan fingerprint density at radius 1 is 1.92 bits per heavy atom. The van der Waals surface area contributed by atoms with Crippen LogP contribution in [0.2, 0.25) is 0 Å². The smallest absolute Gasteiger partial charge is 0.274 e. The molecule has 13 heavy (non-hydrogen) atoms. The maximum absolute atomic E-state index is 11.5. The molecule has 1 aromatic rings. The van der Waals surface area contributed by atoms with Gasteiger partial charge >= 0.3 is 0 Å². The number of anilines is 1. The third kappa shape index (κ3) is 1.79. The number of nitrogen functional groups attached to an aromatic ring is 1. The molecule has 5 heteroatoms. The van der Waals surface area contributed by atoms with E-state index in [9.17, 15) is 4.79 Å². The molecule has 0 aliphatic heterocycles.